The summed E-state index contributed by atoms with van der Waals surface area (Å²) < 4.78 is 0. The van der Waals surface area contributed by atoms with Gasteiger partial charge in [-0.25, -0.2) is 0 Å². The summed E-state index contributed by atoms with van der Waals surface area (Å²) in [5.74, 6) is 0. The molecular formula is C38H23PS. The first-order valence-corrected chi connectivity index (χ1v) is 16.5. The van der Waals surface area contributed by atoms with Gasteiger partial charge in [0.1, 0.15) is 0 Å². The van der Waals surface area contributed by atoms with E-state index in [0.29, 0.717) is 0 Å². The van der Waals surface area contributed by atoms with Crippen LogP contribution in [-0.2, 0) is 11.8 Å². The lowest BCUT2D eigenvalue weighted by atomic mass is 9.94. The van der Waals surface area contributed by atoms with Crippen molar-refractivity contribution in [3.05, 3.63) is 140 Å². The lowest BCUT2D eigenvalue weighted by Crippen LogP contribution is -2.26. The minimum Gasteiger partial charge on any atom is -0.0826 e. The van der Waals surface area contributed by atoms with Gasteiger partial charge in [-0.05, 0) is 69.9 Å². The van der Waals surface area contributed by atoms with E-state index in [1.54, 1.807) is 0 Å². The van der Waals surface area contributed by atoms with Gasteiger partial charge in [0.2, 0.25) is 0 Å². The quantitative estimate of drug-likeness (QED) is 0.158. The Labute approximate surface area is 237 Å². The van der Waals surface area contributed by atoms with Crippen LogP contribution in [0.15, 0.2) is 140 Å². The van der Waals surface area contributed by atoms with E-state index in [-0.39, 0.29) is 0 Å². The fraction of sp³-hybridized carbons (Fsp3) is 0. The molecule has 9 rings (SSSR count). The molecule has 0 unspecified atom stereocenters. The third-order valence-corrected chi connectivity index (χ3v) is 13.8. The molecule has 40 heavy (non-hydrogen) atoms. The Kier molecular flexibility index (Phi) is 4.57. The predicted octanol–water partition coefficient (Wildman–Crippen LogP) is 9.24. The molecule has 9 aromatic carbocycles. The van der Waals surface area contributed by atoms with Crippen LogP contribution in [0.25, 0.3) is 64.6 Å². The summed E-state index contributed by atoms with van der Waals surface area (Å²) >= 11 is 7.07. The molecule has 0 aliphatic carbocycles. The lowest BCUT2D eigenvalue weighted by molar-refractivity contribution is 1.76. The minimum atomic E-state index is -2.46. The highest BCUT2D eigenvalue weighted by atomic mass is 32.4. The van der Waals surface area contributed by atoms with E-state index in [2.05, 4.69) is 140 Å². The van der Waals surface area contributed by atoms with E-state index in [4.69, 9.17) is 11.8 Å². The molecule has 9 aromatic rings. The van der Waals surface area contributed by atoms with Crippen LogP contribution < -0.4 is 15.9 Å². The summed E-state index contributed by atoms with van der Waals surface area (Å²) in [6.07, 6.45) is 0. The van der Waals surface area contributed by atoms with Crippen molar-refractivity contribution in [2.75, 3.05) is 0 Å². The molecule has 0 heterocycles. The molecule has 0 spiro atoms. The van der Waals surface area contributed by atoms with Crippen molar-refractivity contribution in [2.24, 2.45) is 0 Å². The first kappa shape index (κ1) is 22.5. The molecule has 0 atom stereocenters. The Morgan fingerprint density at radius 2 is 0.700 bits per heavy atom. The molecule has 0 fully saturated rings. The minimum absolute atomic E-state index is 1.23. The standard InChI is InChI=1S/C38H23PS/c40-39(30-10-2-1-3-11-30,33-22-18-28-14-12-24-6-4-8-26-16-20-31(33)37(28)35(24)26)34-23-19-29-15-13-25-7-5-9-27-17-21-32(34)38(29)36(25)27/h1-23H. The highest BCUT2D eigenvalue weighted by molar-refractivity contribution is 8.25. The van der Waals surface area contributed by atoms with Gasteiger partial charge in [0.25, 0.3) is 0 Å². The maximum absolute atomic E-state index is 7.07. The summed E-state index contributed by atoms with van der Waals surface area (Å²) in [4.78, 5) is 0. The van der Waals surface area contributed by atoms with Gasteiger partial charge < -0.3 is 0 Å². The van der Waals surface area contributed by atoms with Gasteiger partial charge in [0, 0.05) is 16.6 Å². The molecule has 0 bridgehead atoms. The topological polar surface area (TPSA) is 0 Å². The van der Waals surface area contributed by atoms with E-state index in [9.17, 15) is 0 Å². The molecule has 0 N–H and O–H groups in total. The van der Waals surface area contributed by atoms with Crippen LogP contribution in [0, 0.1) is 0 Å². The largest absolute Gasteiger partial charge is 0.0826 e. The van der Waals surface area contributed by atoms with E-state index < -0.39 is 6.04 Å². The second kappa shape index (κ2) is 8.12. The second-order valence-electron chi connectivity index (χ2n) is 10.8. The number of rotatable bonds is 3. The summed E-state index contributed by atoms with van der Waals surface area (Å²) in [6.45, 7) is 0. The van der Waals surface area contributed by atoms with Crippen molar-refractivity contribution in [3.8, 4) is 0 Å². The first-order chi connectivity index (χ1) is 19.7. The highest BCUT2D eigenvalue weighted by Gasteiger charge is 2.30. The number of hydrogen-bond donors (Lipinski definition) is 0. The normalized spacial score (nSPS) is 12.6. The fourth-order valence-corrected chi connectivity index (χ4v) is 11.4. The van der Waals surface area contributed by atoms with Crippen LogP contribution in [0.5, 0.6) is 0 Å². The third kappa shape index (κ3) is 2.89. The average Bonchev–Trinajstić information content (AvgIpc) is 3.02. The fourth-order valence-electron chi connectivity index (χ4n) is 7.03. The van der Waals surface area contributed by atoms with Crippen molar-refractivity contribution < 1.29 is 0 Å². The summed E-state index contributed by atoms with van der Waals surface area (Å²) in [5.41, 5.74) is 0. The maximum atomic E-state index is 7.07. The van der Waals surface area contributed by atoms with E-state index >= 15 is 0 Å². The predicted molar refractivity (Wildman–Crippen MR) is 180 cm³/mol. The maximum Gasteiger partial charge on any atom is 0.0391 e. The van der Waals surface area contributed by atoms with Crippen LogP contribution >= 0.6 is 6.04 Å². The molecule has 0 saturated carbocycles. The van der Waals surface area contributed by atoms with Gasteiger partial charge in [-0.3, -0.25) is 0 Å². The van der Waals surface area contributed by atoms with Crippen molar-refractivity contribution in [3.63, 3.8) is 0 Å². The van der Waals surface area contributed by atoms with E-state index in [1.165, 1.54) is 80.5 Å². The summed E-state index contributed by atoms with van der Waals surface area (Å²) in [7, 11) is 0. The molecule has 0 saturated heterocycles. The number of hydrogen-bond acceptors (Lipinski definition) is 1. The average molecular weight is 543 g/mol. The lowest BCUT2D eigenvalue weighted by Gasteiger charge is -2.28. The van der Waals surface area contributed by atoms with Gasteiger partial charge in [-0.1, -0.05) is 151 Å². The van der Waals surface area contributed by atoms with Gasteiger partial charge in [-0.2, -0.15) is 0 Å². The second-order valence-corrected chi connectivity index (χ2v) is 15.2. The summed E-state index contributed by atoms with van der Waals surface area (Å²) in [6, 6.07) is 49.1. The third-order valence-electron chi connectivity index (χ3n) is 8.81. The molecule has 0 amide bonds. The molecule has 0 aromatic heterocycles. The van der Waals surface area contributed by atoms with Crippen LogP contribution in [0.3, 0.4) is 0 Å². The summed E-state index contributed by atoms with van der Waals surface area (Å²) in [5, 5.41) is 19.3. The van der Waals surface area contributed by atoms with Crippen molar-refractivity contribution in [1.82, 2.24) is 0 Å². The van der Waals surface area contributed by atoms with Crippen LogP contribution in [0.2, 0.25) is 0 Å². The molecule has 0 radical (unpaired) electrons. The van der Waals surface area contributed by atoms with Crippen LogP contribution in [0.1, 0.15) is 0 Å². The first-order valence-electron chi connectivity index (χ1n) is 13.7. The molecular weight excluding hydrogens is 519 g/mol. The van der Waals surface area contributed by atoms with Gasteiger partial charge >= 0.3 is 0 Å². The Morgan fingerprint density at radius 1 is 0.325 bits per heavy atom. The van der Waals surface area contributed by atoms with Gasteiger partial charge in [0.15, 0.2) is 0 Å². The SMILES string of the molecule is S=P(c1ccccc1)(c1ccc2ccc3cccc4ccc1c2c34)c1ccc2ccc3cccc4ccc1c2c34. The smallest absolute Gasteiger partial charge is 0.0391 e. The van der Waals surface area contributed by atoms with Gasteiger partial charge in [0.05, 0.1) is 0 Å². The molecule has 0 aliphatic heterocycles. The zero-order chi connectivity index (χ0) is 26.4. The molecule has 186 valence electrons. The Bertz CT molecular complexity index is 2270. The monoisotopic (exact) mass is 542 g/mol. The van der Waals surface area contributed by atoms with Crippen LogP contribution in [-0.4, -0.2) is 0 Å². The van der Waals surface area contributed by atoms with E-state index in [0.717, 1.165) is 0 Å². The van der Waals surface area contributed by atoms with Crippen molar-refractivity contribution in [2.45, 2.75) is 0 Å². The zero-order valence-corrected chi connectivity index (χ0v) is 23.3. The molecule has 2 heteroatoms. The van der Waals surface area contributed by atoms with E-state index in [1.807, 2.05) is 0 Å². The van der Waals surface area contributed by atoms with Crippen molar-refractivity contribution in [1.29, 1.82) is 0 Å². The zero-order valence-electron chi connectivity index (χ0n) is 21.6. The van der Waals surface area contributed by atoms with Crippen LogP contribution in [0.4, 0.5) is 0 Å². The van der Waals surface area contributed by atoms with Crippen molar-refractivity contribution >= 4 is 98.4 Å². The molecule has 0 nitrogen and oxygen atoms in total. The number of benzene rings is 9. The Hall–Kier alpha value is -4.29. The molecule has 0 aliphatic rings. The van der Waals surface area contributed by atoms with Gasteiger partial charge in [-0.15, -0.1) is 0 Å². The Morgan fingerprint density at radius 3 is 1.15 bits per heavy atom. The Balaban J connectivity index is 1.47. The highest BCUT2D eigenvalue weighted by Crippen LogP contribution is 2.49.